The van der Waals surface area contributed by atoms with Crippen LogP contribution < -0.4 is 10.6 Å². The molecular weight excluding hydrogens is 400 g/mol. The number of rotatable bonds is 7. The molecule has 0 aromatic heterocycles. The van der Waals surface area contributed by atoms with Crippen molar-refractivity contribution >= 4 is 17.8 Å². The Balaban J connectivity index is 0.000000311. The predicted octanol–water partition coefficient (Wildman–Crippen LogP) is 0.485. The molecule has 2 fully saturated rings. The van der Waals surface area contributed by atoms with E-state index in [2.05, 4.69) is 29.2 Å². The summed E-state index contributed by atoms with van der Waals surface area (Å²) >= 11 is 0. The molecule has 2 amide bonds. The van der Waals surface area contributed by atoms with Crippen LogP contribution in [0, 0.1) is 11.8 Å². The van der Waals surface area contributed by atoms with Crippen molar-refractivity contribution < 1.29 is 23.9 Å². The van der Waals surface area contributed by atoms with Gasteiger partial charge in [-0.1, -0.05) is 13.8 Å². The Hall–Kier alpha value is -1.71. The number of hydrogen-bond donors (Lipinski definition) is 2. The highest BCUT2D eigenvalue weighted by atomic mass is 16.5. The molecule has 9 nitrogen and oxygen atoms in total. The largest absolute Gasteiger partial charge is 0.468 e. The van der Waals surface area contributed by atoms with Gasteiger partial charge in [0.2, 0.25) is 11.8 Å². The highest BCUT2D eigenvalue weighted by Crippen LogP contribution is 2.18. The number of carbonyl (C=O) groups is 3. The van der Waals surface area contributed by atoms with Crippen LogP contribution in [0.5, 0.6) is 0 Å². The zero-order chi connectivity index (χ0) is 23.4. The van der Waals surface area contributed by atoms with Crippen molar-refractivity contribution in [2.45, 2.75) is 51.6 Å². The third-order valence-corrected chi connectivity index (χ3v) is 5.99. The molecule has 4 atom stereocenters. The van der Waals surface area contributed by atoms with Gasteiger partial charge in [0.25, 0.3) is 0 Å². The molecule has 0 aliphatic carbocycles. The Labute approximate surface area is 187 Å². The van der Waals surface area contributed by atoms with E-state index in [9.17, 15) is 14.4 Å². The summed E-state index contributed by atoms with van der Waals surface area (Å²) < 4.78 is 9.62. The molecule has 0 aromatic rings. The number of likely N-dealkylation sites (tertiary alicyclic amines) is 2. The van der Waals surface area contributed by atoms with Gasteiger partial charge >= 0.3 is 5.97 Å². The normalized spacial score (nSPS) is 27.2. The topological polar surface area (TPSA) is 100 Å². The quantitative estimate of drug-likeness (QED) is 0.553. The number of carbonyl (C=O) groups excluding carboxylic acids is 3. The molecule has 0 aromatic carbocycles. The van der Waals surface area contributed by atoms with Gasteiger partial charge in [-0.3, -0.25) is 14.4 Å². The third-order valence-electron chi connectivity index (χ3n) is 5.99. The molecule has 4 unspecified atom stereocenters. The van der Waals surface area contributed by atoms with E-state index in [-0.39, 0.29) is 36.4 Å². The standard InChI is InChI=1S/C11H20N2O3.C11H22N2O2/c1-8-4-5-9(12-2)11(15)13(6-8)7-10(14)16-3;1-9-4-5-10(12-2)11(14)13(8-9)6-7-15-3/h8-9,12H,4-7H2,1-3H3;9-10,12H,4-8H2,1-3H3. The maximum absolute atomic E-state index is 12.0. The number of ether oxygens (including phenoxy) is 2. The average Bonchev–Trinajstić information content (AvgIpc) is 2.98. The smallest absolute Gasteiger partial charge is 0.325 e. The van der Waals surface area contributed by atoms with Gasteiger partial charge in [0.1, 0.15) is 6.54 Å². The first-order valence-electron chi connectivity index (χ1n) is 11.2. The fraction of sp³-hybridized carbons (Fsp3) is 0.864. The zero-order valence-corrected chi connectivity index (χ0v) is 20.1. The van der Waals surface area contributed by atoms with E-state index in [1.54, 1.807) is 19.1 Å². The van der Waals surface area contributed by atoms with Gasteiger partial charge in [0, 0.05) is 26.7 Å². The second-order valence-electron chi connectivity index (χ2n) is 8.62. The van der Waals surface area contributed by atoms with E-state index in [1.807, 2.05) is 11.9 Å². The lowest BCUT2D eigenvalue weighted by molar-refractivity contribution is -0.147. The van der Waals surface area contributed by atoms with Crippen molar-refractivity contribution in [2.75, 3.05) is 61.1 Å². The number of likely N-dealkylation sites (N-methyl/N-ethyl adjacent to an activating group) is 2. The summed E-state index contributed by atoms with van der Waals surface area (Å²) in [7, 11) is 6.63. The Kier molecular flexibility index (Phi) is 12.7. The minimum atomic E-state index is -0.364. The number of esters is 1. The minimum Gasteiger partial charge on any atom is -0.468 e. The van der Waals surface area contributed by atoms with Gasteiger partial charge < -0.3 is 29.9 Å². The summed E-state index contributed by atoms with van der Waals surface area (Å²) in [5, 5.41) is 6.08. The first-order valence-corrected chi connectivity index (χ1v) is 11.2. The van der Waals surface area contributed by atoms with Crippen LogP contribution >= 0.6 is 0 Å². The molecule has 2 aliphatic rings. The number of methoxy groups -OCH3 is 2. The number of nitrogens with one attached hydrogen (secondary N) is 2. The maximum atomic E-state index is 12.0. The van der Waals surface area contributed by atoms with Crippen molar-refractivity contribution in [1.82, 2.24) is 20.4 Å². The third kappa shape index (κ3) is 9.13. The molecule has 2 aliphatic heterocycles. The van der Waals surface area contributed by atoms with E-state index in [4.69, 9.17) is 4.74 Å². The molecule has 0 saturated carbocycles. The van der Waals surface area contributed by atoms with Crippen LogP contribution in [0.25, 0.3) is 0 Å². The Morgan fingerprint density at radius 3 is 1.84 bits per heavy atom. The van der Waals surface area contributed by atoms with Crippen molar-refractivity contribution in [1.29, 1.82) is 0 Å². The fourth-order valence-electron chi connectivity index (χ4n) is 4.01. The lowest BCUT2D eigenvalue weighted by Crippen LogP contribution is -2.46. The average molecular weight is 443 g/mol. The highest BCUT2D eigenvalue weighted by molar-refractivity contribution is 5.86. The summed E-state index contributed by atoms with van der Waals surface area (Å²) in [4.78, 5) is 38.8. The predicted molar refractivity (Wildman–Crippen MR) is 120 cm³/mol. The van der Waals surface area contributed by atoms with Crippen LogP contribution in [-0.2, 0) is 23.9 Å². The highest BCUT2D eigenvalue weighted by Gasteiger charge is 2.30. The molecule has 0 radical (unpaired) electrons. The van der Waals surface area contributed by atoms with Crippen LogP contribution in [0.3, 0.4) is 0 Å². The molecule has 2 N–H and O–H groups in total. The van der Waals surface area contributed by atoms with Gasteiger partial charge in [0.05, 0.1) is 25.8 Å². The van der Waals surface area contributed by atoms with E-state index >= 15 is 0 Å². The van der Waals surface area contributed by atoms with Gasteiger partial charge in [-0.2, -0.15) is 0 Å². The summed E-state index contributed by atoms with van der Waals surface area (Å²) in [6.45, 7) is 7.16. The number of nitrogens with zero attached hydrogens (tertiary/aromatic N) is 2. The van der Waals surface area contributed by atoms with Gasteiger partial charge in [-0.05, 0) is 51.6 Å². The summed E-state index contributed by atoms with van der Waals surface area (Å²) in [6, 6.07) is -0.179. The van der Waals surface area contributed by atoms with Gasteiger partial charge in [0.15, 0.2) is 0 Å². The Bertz CT molecular complexity index is 574. The Morgan fingerprint density at radius 2 is 1.39 bits per heavy atom. The zero-order valence-electron chi connectivity index (χ0n) is 20.1. The molecule has 2 rings (SSSR count). The number of hydrogen-bond acceptors (Lipinski definition) is 7. The first kappa shape index (κ1) is 27.3. The van der Waals surface area contributed by atoms with Crippen LogP contribution in [0.15, 0.2) is 0 Å². The second kappa shape index (κ2) is 14.4. The molecule has 9 heteroatoms. The molecule has 2 saturated heterocycles. The van der Waals surface area contributed by atoms with E-state index in [0.29, 0.717) is 31.5 Å². The van der Waals surface area contributed by atoms with E-state index < -0.39 is 0 Å². The first-order chi connectivity index (χ1) is 14.8. The SMILES string of the molecule is CNC1CCC(C)CN(CC(=O)OC)C1=O.CNC1CCC(C)CN(CCOC)C1=O. The summed E-state index contributed by atoms with van der Waals surface area (Å²) in [5.74, 6) is 0.865. The van der Waals surface area contributed by atoms with Crippen molar-refractivity contribution in [2.24, 2.45) is 11.8 Å². The summed E-state index contributed by atoms with van der Waals surface area (Å²) in [6.07, 6.45) is 3.88. The monoisotopic (exact) mass is 442 g/mol. The van der Waals surface area contributed by atoms with Crippen molar-refractivity contribution in [3.05, 3.63) is 0 Å². The van der Waals surface area contributed by atoms with Crippen LogP contribution in [0.4, 0.5) is 0 Å². The van der Waals surface area contributed by atoms with E-state index in [1.165, 1.54) is 7.11 Å². The van der Waals surface area contributed by atoms with E-state index in [0.717, 1.165) is 32.2 Å². The molecule has 180 valence electrons. The molecule has 31 heavy (non-hydrogen) atoms. The van der Waals surface area contributed by atoms with Crippen LogP contribution in [-0.4, -0.2) is 101 Å². The number of amides is 2. The maximum Gasteiger partial charge on any atom is 0.325 e. The Morgan fingerprint density at radius 1 is 0.903 bits per heavy atom. The molecule has 0 spiro atoms. The lowest BCUT2D eigenvalue weighted by atomic mass is 10.0. The van der Waals surface area contributed by atoms with Crippen molar-refractivity contribution in [3.63, 3.8) is 0 Å². The molecule has 0 bridgehead atoms. The lowest BCUT2D eigenvalue weighted by Gasteiger charge is -2.24. The molecular formula is C22H42N4O5. The molecule has 2 heterocycles. The van der Waals surface area contributed by atoms with Crippen LogP contribution in [0.1, 0.15) is 39.5 Å². The second-order valence-corrected chi connectivity index (χ2v) is 8.62. The summed E-state index contributed by atoms with van der Waals surface area (Å²) in [5.41, 5.74) is 0. The van der Waals surface area contributed by atoms with Crippen LogP contribution in [0.2, 0.25) is 0 Å². The van der Waals surface area contributed by atoms with Gasteiger partial charge in [-0.25, -0.2) is 0 Å². The van der Waals surface area contributed by atoms with Crippen molar-refractivity contribution in [3.8, 4) is 0 Å². The van der Waals surface area contributed by atoms with Gasteiger partial charge in [-0.15, -0.1) is 0 Å². The minimum absolute atomic E-state index is 0.00255. The fourth-order valence-corrected chi connectivity index (χ4v) is 4.01.